The number of aliphatic hydroxyl groups excluding tert-OH is 1. The highest BCUT2D eigenvalue weighted by Gasteiger charge is 2.24. The zero-order valence-corrected chi connectivity index (χ0v) is 11.0. The summed E-state index contributed by atoms with van der Waals surface area (Å²) in [4.78, 5) is 13.7. The molecule has 1 saturated heterocycles. The summed E-state index contributed by atoms with van der Waals surface area (Å²) in [7, 11) is 0. The molecule has 1 aliphatic heterocycles. The van der Waals surface area contributed by atoms with Gasteiger partial charge >= 0.3 is 0 Å². The van der Waals surface area contributed by atoms with Crippen molar-refractivity contribution < 1.29 is 23.4 Å². The van der Waals surface area contributed by atoms with E-state index in [-0.39, 0.29) is 24.2 Å². The van der Waals surface area contributed by atoms with Crippen LogP contribution in [0.3, 0.4) is 0 Å². The lowest BCUT2D eigenvalue weighted by Crippen LogP contribution is -2.41. The zero-order valence-electron chi connectivity index (χ0n) is 11.0. The van der Waals surface area contributed by atoms with Crippen molar-refractivity contribution in [2.24, 2.45) is 0 Å². The number of carbonyl (C=O) groups excluding carboxylic acids is 1. The van der Waals surface area contributed by atoms with Crippen LogP contribution in [0, 0.1) is 11.6 Å². The Kier molecular flexibility index (Phi) is 5.03. The lowest BCUT2D eigenvalue weighted by Gasteiger charge is -2.32. The molecule has 1 aromatic rings. The SMILES string of the molecule is O=C(c1ccc(F)c(F)c1)N1CCC(OCCO)CC1. The predicted molar refractivity (Wildman–Crippen MR) is 68.3 cm³/mol. The summed E-state index contributed by atoms with van der Waals surface area (Å²) >= 11 is 0. The van der Waals surface area contributed by atoms with Crippen molar-refractivity contribution in [1.82, 2.24) is 4.90 Å². The van der Waals surface area contributed by atoms with Crippen molar-refractivity contribution in [2.45, 2.75) is 18.9 Å². The second kappa shape index (κ2) is 6.76. The Hall–Kier alpha value is -1.53. The number of halogens is 2. The molecule has 6 heteroatoms. The third-order valence-corrected chi connectivity index (χ3v) is 3.34. The number of benzene rings is 1. The maximum absolute atomic E-state index is 13.1. The fourth-order valence-electron chi connectivity index (χ4n) is 2.26. The molecule has 2 rings (SSSR count). The van der Waals surface area contributed by atoms with E-state index in [4.69, 9.17) is 9.84 Å². The van der Waals surface area contributed by atoms with Crippen molar-refractivity contribution in [1.29, 1.82) is 0 Å². The van der Waals surface area contributed by atoms with Gasteiger partial charge < -0.3 is 14.7 Å². The number of aliphatic hydroxyl groups is 1. The van der Waals surface area contributed by atoms with Crippen LogP contribution in [-0.4, -0.2) is 48.3 Å². The van der Waals surface area contributed by atoms with Gasteiger partial charge in [-0.05, 0) is 31.0 Å². The minimum Gasteiger partial charge on any atom is -0.394 e. The Morgan fingerprint density at radius 2 is 2.00 bits per heavy atom. The fraction of sp³-hybridized carbons (Fsp3) is 0.500. The van der Waals surface area contributed by atoms with Crippen LogP contribution in [-0.2, 0) is 4.74 Å². The minimum atomic E-state index is -1.02. The summed E-state index contributed by atoms with van der Waals surface area (Å²) < 4.78 is 31.4. The highest BCUT2D eigenvalue weighted by molar-refractivity contribution is 5.94. The Morgan fingerprint density at radius 3 is 2.60 bits per heavy atom. The lowest BCUT2D eigenvalue weighted by molar-refractivity contribution is -0.00555. The van der Waals surface area contributed by atoms with Gasteiger partial charge in [0.2, 0.25) is 0 Å². The molecule has 110 valence electrons. The van der Waals surface area contributed by atoms with Crippen molar-refractivity contribution in [2.75, 3.05) is 26.3 Å². The number of amides is 1. The minimum absolute atomic E-state index is 0.0198. The highest BCUT2D eigenvalue weighted by Crippen LogP contribution is 2.17. The van der Waals surface area contributed by atoms with E-state index in [0.717, 1.165) is 12.1 Å². The van der Waals surface area contributed by atoms with Gasteiger partial charge in [-0.2, -0.15) is 0 Å². The second-order valence-electron chi connectivity index (χ2n) is 4.71. The van der Waals surface area contributed by atoms with E-state index in [1.807, 2.05) is 0 Å². The molecule has 0 aromatic heterocycles. The van der Waals surface area contributed by atoms with Crippen LogP contribution in [0.1, 0.15) is 23.2 Å². The second-order valence-corrected chi connectivity index (χ2v) is 4.71. The Balaban J connectivity index is 1.92. The summed E-state index contributed by atoms with van der Waals surface area (Å²) in [6, 6.07) is 3.17. The van der Waals surface area contributed by atoms with E-state index in [2.05, 4.69) is 0 Å². The average Bonchev–Trinajstić information content (AvgIpc) is 2.48. The number of ether oxygens (including phenoxy) is 1. The molecule has 1 heterocycles. The molecule has 1 amide bonds. The van der Waals surface area contributed by atoms with Crippen molar-refractivity contribution in [3.8, 4) is 0 Å². The summed E-state index contributed by atoms with van der Waals surface area (Å²) in [6.45, 7) is 1.29. The number of carbonyl (C=O) groups is 1. The number of likely N-dealkylation sites (tertiary alicyclic amines) is 1. The lowest BCUT2D eigenvalue weighted by atomic mass is 10.1. The molecule has 0 spiro atoms. The normalized spacial score (nSPS) is 16.4. The Morgan fingerprint density at radius 1 is 1.30 bits per heavy atom. The van der Waals surface area contributed by atoms with E-state index in [1.165, 1.54) is 6.07 Å². The van der Waals surface area contributed by atoms with Crippen LogP contribution in [0.2, 0.25) is 0 Å². The fourth-order valence-corrected chi connectivity index (χ4v) is 2.26. The Labute approximate surface area is 116 Å². The van der Waals surface area contributed by atoms with Gasteiger partial charge in [-0.25, -0.2) is 8.78 Å². The molecular weight excluding hydrogens is 268 g/mol. The third-order valence-electron chi connectivity index (χ3n) is 3.34. The van der Waals surface area contributed by atoms with Crippen LogP contribution in [0.5, 0.6) is 0 Å². The maximum Gasteiger partial charge on any atom is 0.253 e. The smallest absolute Gasteiger partial charge is 0.253 e. The first-order valence-corrected chi connectivity index (χ1v) is 6.58. The van der Waals surface area contributed by atoms with Gasteiger partial charge in [-0.3, -0.25) is 4.79 Å². The molecule has 0 saturated carbocycles. The van der Waals surface area contributed by atoms with Gasteiger partial charge in [0.1, 0.15) is 0 Å². The van der Waals surface area contributed by atoms with Crippen LogP contribution in [0.4, 0.5) is 8.78 Å². The van der Waals surface area contributed by atoms with E-state index >= 15 is 0 Å². The topological polar surface area (TPSA) is 49.8 Å². The molecular formula is C14H17F2NO3. The molecule has 0 atom stereocenters. The number of hydrogen-bond donors (Lipinski definition) is 1. The maximum atomic E-state index is 13.1. The van der Waals surface area contributed by atoms with Gasteiger partial charge in [0.15, 0.2) is 11.6 Å². The van der Waals surface area contributed by atoms with Crippen molar-refractivity contribution >= 4 is 5.91 Å². The van der Waals surface area contributed by atoms with Crippen LogP contribution < -0.4 is 0 Å². The van der Waals surface area contributed by atoms with E-state index < -0.39 is 11.6 Å². The monoisotopic (exact) mass is 285 g/mol. The molecule has 0 bridgehead atoms. The molecule has 1 N–H and O–H groups in total. The number of piperidine rings is 1. The molecule has 1 aromatic carbocycles. The first-order valence-electron chi connectivity index (χ1n) is 6.58. The van der Waals surface area contributed by atoms with Crippen molar-refractivity contribution in [3.63, 3.8) is 0 Å². The number of rotatable bonds is 4. The molecule has 1 aliphatic rings. The average molecular weight is 285 g/mol. The predicted octanol–water partition coefficient (Wildman–Crippen LogP) is 1.58. The van der Waals surface area contributed by atoms with Crippen molar-refractivity contribution in [3.05, 3.63) is 35.4 Å². The summed E-state index contributed by atoms with van der Waals surface area (Å²) in [5.41, 5.74) is 0.152. The van der Waals surface area contributed by atoms with Gasteiger partial charge in [0.25, 0.3) is 5.91 Å². The first-order chi connectivity index (χ1) is 9.61. The number of hydrogen-bond acceptors (Lipinski definition) is 3. The summed E-state index contributed by atoms with van der Waals surface area (Å²) in [6.07, 6.45) is 1.39. The highest BCUT2D eigenvalue weighted by atomic mass is 19.2. The molecule has 0 unspecified atom stereocenters. The van der Waals surface area contributed by atoms with Crippen LogP contribution >= 0.6 is 0 Å². The Bertz CT molecular complexity index is 473. The molecule has 4 nitrogen and oxygen atoms in total. The van der Waals surface area contributed by atoms with Gasteiger partial charge in [-0.1, -0.05) is 0 Å². The third kappa shape index (κ3) is 3.52. The van der Waals surface area contributed by atoms with Gasteiger partial charge in [0.05, 0.1) is 19.3 Å². The standard InChI is InChI=1S/C14H17F2NO3/c15-12-2-1-10(9-13(12)16)14(19)17-5-3-11(4-6-17)20-8-7-18/h1-2,9,11,18H,3-8H2. The molecule has 0 radical (unpaired) electrons. The summed E-state index contributed by atoms with van der Waals surface area (Å²) in [5, 5.41) is 8.68. The van der Waals surface area contributed by atoms with Gasteiger partial charge in [-0.15, -0.1) is 0 Å². The zero-order chi connectivity index (χ0) is 14.5. The molecule has 20 heavy (non-hydrogen) atoms. The van der Waals surface area contributed by atoms with Crippen LogP contribution in [0.15, 0.2) is 18.2 Å². The number of nitrogens with zero attached hydrogens (tertiary/aromatic N) is 1. The molecule has 1 fully saturated rings. The van der Waals surface area contributed by atoms with E-state index in [9.17, 15) is 13.6 Å². The van der Waals surface area contributed by atoms with Crippen LogP contribution in [0.25, 0.3) is 0 Å². The summed E-state index contributed by atoms with van der Waals surface area (Å²) in [5.74, 6) is -2.28. The van der Waals surface area contributed by atoms with E-state index in [1.54, 1.807) is 4.90 Å². The van der Waals surface area contributed by atoms with E-state index in [0.29, 0.717) is 32.5 Å². The quantitative estimate of drug-likeness (QED) is 0.913. The molecule has 0 aliphatic carbocycles. The first kappa shape index (κ1) is 14.9. The van der Waals surface area contributed by atoms with Gasteiger partial charge in [0, 0.05) is 18.7 Å². The largest absolute Gasteiger partial charge is 0.394 e.